The molecule has 0 bridgehead atoms. The third kappa shape index (κ3) is 6.76. The number of benzene rings is 1. The van der Waals surface area contributed by atoms with Crippen molar-refractivity contribution in [2.24, 2.45) is 0 Å². The molecule has 0 fully saturated rings. The number of carbonyl (C=O) groups is 3. The number of hydrogen-bond acceptors (Lipinski definition) is 5. The number of hydrogen-bond donors (Lipinski definition) is 3. The fourth-order valence-electron chi connectivity index (χ4n) is 1.82. The third-order valence-corrected chi connectivity index (χ3v) is 3.10. The van der Waals surface area contributed by atoms with Crippen LogP contribution in [0, 0.1) is 0 Å². The number of aliphatic hydroxyl groups excluding tert-OH is 1. The van der Waals surface area contributed by atoms with Crippen molar-refractivity contribution in [2.45, 2.75) is 32.6 Å². The Bertz CT molecular complexity index is 561. The Kier molecular flexibility index (Phi) is 7.87. The van der Waals surface area contributed by atoms with E-state index in [1.54, 1.807) is 0 Å². The van der Waals surface area contributed by atoms with Crippen molar-refractivity contribution in [1.82, 2.24) is 10.2 Å². The Morgan fingerprint density at radius 2 is 1.83 bits per heavy atom. The van der Waals surface area contributed by atoms with Gasteiger partial charge in [-0.15, -0.1) is 0 Å². The van der Waals surface area contributed by atoms with Gasteiger partial charge < -0.3 is 20.3 Å². The van der Waals surface area contributed by atoms with Gasteiger partial charge in [0.25, 0.3) is 0 Å². The molecule has 0 saturated carbocycles. The average molecular weight is 338 g/mol. The van der Waals surface area contributed by atoms with E-state index in [0.29, 0.717) is 4.90 Å². The number of ether oxygens (including phenoxy) is 1. The molecule has 0 radical (unpaired) electrons. The fourth-order valence-corrected chi connectivity index (χ4v) is 1.82. The Morgan fingerprint density at radius 1 is 1.21 bits per heavy atom. The quantitative estimate of drug-likeness (QED) is 0.656. The lowest BCUT2D eigenvalue weighted by molar-refractivity contribution is -0.125. The van der Waals surface area contributed by atoms with Crippen LogP contribution >= 0.6 is 0 Å². The summed E-state index contributed by atoms with van der Waals surface area (Å²) in [6.45, 7) is 2.46. The molecule has 1 rings (SSSR count). The molecule has 0 aliphatic rings. The highest BCUT2D eigenvalue weighted by atomic mass is 16.5. The molecule has 3 N–H and O–H groups in total. The zero-order valence-corrected chi connectivity index (χ0v) is 13.6. The van der Waals surface area contributed by atoms with Gasteiger partial charge in [-0.05, 0) is 19.4 Å². The monoisotopic (exact) mass is 338 g/mol. The van der Waals surface area contributed by atoms with E-state index in [0.717, 1.165) is 5.56 Å². The van der Waals surface area contributed by atoms with Crippen molar-refractivity contribution in [1.29, 1.82) is 0 Å². The molecule has 8 nitrogen and oxygen atoms in total. The molecule has 1 aromatic rings. The van der Waals surface area contributed by atoms with Gasteiger partial charge in [-0.3, -0.25) is 4.79 Å². The minimum absolute atomic E-state index is 0.209. The number of rotatable bonds is 8. The van der Waals surface area contributed by atoms with Crippen LogP contribution in [0.2, 0.25) is 0 Å². The number of urea groups is 1. The van der Waals surface area contributed by atoms with Gasteiger partial charge in [-0.1, -0.05) is 30.3 Å². The molecule has 24 heavy (non-hydrogen) atoms. The van der Waals surface area contributed by atoms with Crippen molar-refractivity contribution >= 4 is 17.9 Å². The first-order chi connectivity index (χ1) is 11.3. The van der Waals surface area contributed by atoms with Crippen LogP contribution in [0.1, 0.15) is 19.4 Å². The summed E-state index contributed by atoms with van der Waals surface area (Å²) in [7, 11) is 0. The number of imide groups is 1. The SMILES string of the molecule is C[C@H](O)CN(C(=O)O)C(=O)N[C@@H](C)C(=O)COCc1ccccc1. The number of Topliss-reactive ketones (excluding diaryl/α,β-unsaturated/α-hetero) is 1. The summed E-state index contributed by atoms with van der Waals surface area (Å²) in [5.74, 6) is -0.387. The number of nitrogens with zero attached hydrogens (tertiary/aromatic N) is 1. The van der Waals surface area contributed by atoms with E-state index in [4.69, 9.17) is 9.84 Å². The summed E-state index contributed by atoms with van der Waals surface area (Å²) in [6, 6.07) is 7.41. The van der Waals surface area contributed by atoms with Crippen LogP contribution in [-0.4, -0.2) is 58.3 Å². The minimum atomic E-state index is -1.51. The number of aliphatic hydroxyl groups is 1. The van der Waals surface area contributed by atoms with Gasteiger partial charge in [-0.2, -0.15) is 0 Å². The average Bonchev–Trinajstić information content (AvgIpc) is 2.52. The molecule has 0 aliphatic heterocycles. The van der Waals surface area contributed by atoms with Crippen molar-refractivity contribution < 1.29 is 29.3 Å². The fraction of sp³-hybridized carbons (Fsp3) is 0.438. The lowest BCUT2D eigenvalue weighted by Gasteiger charge is -2.21. The Morgan fingerprint density at radius 3 is 2.38 bits per heavy atom. The summed E-state index contributed by atoms with van der Waals surface area (Å²) < 4.78 is 5.29. The van der Waals surface area contributed by atoms with Crippen molar-refractivity contribution in [2.75, 3.05) is 13.2 Å². The molecule has 0 saturated heterocycles. The van der Waals surface area contributed by atoms with E-state index in [1.165, 1.54) is 13.8 Å². The van der Waals surface area contributed by atoms with Gasteiger partial charge in [0, 0.05) is 0 Å². The van der Waals surface area contributed by atoms with Crippen LogP contribution in [0.5, 0.6) is 0 Å². The van der Waals surface area contributed by atoms with Crippen LogP contribution < -0.4 is 5.32 Å². The van der Waals surface area contributed by atoms with Crippen molar-refractivity contribution in [3.63, 3.8) is 0 Å². The summed E-state index contributed by atoms with van der Waals surface area (Å²) >= 11 is 0. The van der Waals surface area contributed by atoms with E-state index >= 15 is 0 Å². The van der Waals surface area contributed by atoms with Crippen molar-refractivity contribution in [3.8, 4) is 0 Å². The standard InChI is InChI=1S/C16H22N2O6/c1-11(19)8-18(16(22)23)15(21)17-12(2)14(20)10-24-9-13-6-4-3-5-7-13/h3-7,11-12,19H,8-10H2,1-2H3,(H,17,21)(H,22,23)/t11-,12-/m0/s1. The molecular formula is C16H22N2O6. The van der Waals surface area contributed by atoms with Crippen molar-refractivity contribution in [3.05, 3.63) is 35.9 Å². The number of ketones is 1. The highest BCUT2D eigenvalue weighted by Crippen LogP contribution is 2.01. The van der Waals surface area contributed by atoms with Crippen LogP contribution in [0.25, 0.3) is 0 Å². The minimum Gasteiger partial charge on any atom is -0.465 e. The molecule has 0 aliphatic carbocycles. The molecule has 3 amide bonds. The van der Waals surface area contributed by atoms with E-state index < -0.39 is 24.3 Å². The molecule has 8 heteroatoms. The summed E-state index contributed by atoms with van der Waals surface area (Å²) in [5, 5.41) is 20.5. The highest BCUT2D eigenvalue weighted by Gasteiger charge is 2.25. The maximum Gasteiger partial charge on any atom is 0.415 e. The second-order valence-corrected chi connectivity index (χ2v) is 5.36. The molecular weight excluding hydrogens is 316 g/mol. The second kappa shape index (κ2) is 9.64. The molecule has 0 heterocycles. The molecule has 132 valence electrons. The van der Waals surface area contributed by atoms with E-state index in [-0.39, 0.29) is 25.5 Å². The predicted octanol–water partition coefficient (Wildman–Crippen LogP) is 1.23. The Hall–Kier alpha value is -2.45. The van der Waals surface area contributed by atoms with Gasteiger partial charge in [0.1, 0.15) is 6.61 Å². The molecule has 0 unspecified atom stereocenters. The number of amides is 3. The smallest absolute Gasteiger partial charge is 0.415 e. The topological polar surface area (TPSA) is 116 Å². The first kappa shape index (κ1) is 19.6. The Labute approximate surface area is 140 Å². The molecule has 1 aromatic carbocycles. The molecule has 2 atom stereocenters. The number of carboxylic acid groups (broad SMARTS) is 1. The lowest BCUT2D eigenvalue weighted by atomic mass is 10.2. The van der Waals surface area contributed by atoms with Gasteiger partial charge in [-0.25, -0.2) is 14.5 Å². The second-order valence-electron chi connectivity index (χ2n) is 5.36. The largest absolute Gasteiger partial charge is 0.465 e. The first-order valence-corrected chi connectivity index (χ1v) is 7.44. The zero-order valence-electron chi connectivity index (χ0n) is 13.6. The molecule has 0 aromatic heterocycles. The van der Waals surface area contributed by atoms with Crippen LogP contribution in [-0.2, 0) is 16.1 Å². The highest BCUT2D eigenvalue weighted by molar-refractivity contribution is 5.94. The van der Waals surface area contributed by atoms with E-state index in [2.05, 4.69) is 5.32 Å². The summed E-state index contributed by atoms with van der Waals surface area (Å²) in [6.07, 6.45) is -2.51. The Balaban J connectivity index is 2.44. The maximum atomic E-state index is 11.9. The van der Waals surface area contributed by atoms with E-state index in [9.17, 15) is 19.5 Å². The van der Waals surface area contributed by atoms with Crippen LogP contribution in [0.15, 0.2) is 30.3 Å². The van der Waals surface area contributed by atoms with Gasteiger partial charge in [0.2, 0.25) is 0 Å². The van der Waals surface area contributed by atoms with Gasteiger partial charge >= 0.3 is 12.1 Å². The van der Waals surface area contributed by atoms with Gasteiger partial charge in [0.15, 0.2) is 5.78 Å². The maximum absolute atomic E-state index is 11.9. The predicted molar refractivity (Wildman–Crippen MR) is 85.5 cm³/mol. The summed E-state index contributed by atoms with van der Waals surface area (Å²) in [4.78, 5) is 35.2. The first-order valence-electron chi connectivity index (χ1n) is 7.44. The van der Waals surface area contributed by atoms with Crippen LogP contribution in [0.3, 0.4) is 0 Å². The lowest BCUT2D eigenvalue weighted by Crippen LogP contribution is -2.51. The summed E-state index contributed by atoms with van der Waals surface area (Å²) in [5.41, 5.74) is 0.913. The third-order valence-electron chi connectivity index (χ3n) is 3.10. The van der Waals surface area contributed by atoms with E-state index in [1.807, 2.05) is 30.3 Å². The zero-order chi connectivity index (χ0) is 18.1. The normalized spacial score (nSPS) is 13.0. The van der Waals surface area contributed by atoms with Crippen LogP contribution in [0.4, 0.5) is 9.59 Å². The number of nitrogens with one attached hydrogen (secondary N) is 1. The number of carbonyl (C=O) groups excluding carboxylic acids is 2. The van der Waals surface area contributed by atoms with Gasteiger partial charge in [0.05, 0.1) is 25.3 Å². The molecule has 0 spiro atoms.